The first kappa shape index (κ1) is 12.8. The molecular weight excluding hydrogens is 260 g/mol. The van der Waals surface area contributed by atoms with Crippen LogP contribution in [-0.4, -0.2) is 64.2 Å². The van der Waals surface area contributed by atoms with Gasteiger partial charge in [0.25, 0.3) is 5.91 Å². The van der Waals surface area contributed by atoms with E-state index in [0.717, 1.165) is 5.69 Å². The summed E-state index contributed by atoms with van der Waals surface area (Å²) in [7, 11) is 0. The van der Waals surface area contributed by atoms with Crippen molar-refractivity contribution in [1.29, 1.82) is 0 Å². The standard InChI is InChI=1S/C12H18N6O2/c1-2-8-9(13)10(16-15-8)11(19)17-3-4-18-7(6-17)5-14-12(18)20/h7H,2-6,13H2,1H3,(H,14,20)(H,15,16). The second-order valence-corrected chi connectivity index (χ2v) is 5.10. The second kappa shape index (κ2) is 4.69. The Labute approximate surface area is 116 Å². The molecule has 4 N–H and O–H groups in total. The van der Waals surface area contributed by atoms with Crippen molar-refractivity contribution >= 4 is 17.6 Å². The van der Waals surface area contributed by atoms with Gasteiger partial charge in [0.15, 0.2) is 5.69 Å². The Morgan fingerprint density at radius 1 is 1.50 bits per heavy atom. The molecule has 3 heterocycles. The van der Waals surface area contributed by atoms with Gasteiger partial charge in [-0.1, -0.05) is 6.92 Å². The van der Waals surface area contributed by atoms with Gasteiger partial charge in [0.1, 0.15) is 0 Å². The van der Waals surface area contributed by atoms with Crippen molar-refractivity contribution < 1.29 is 9.59 Å². The number of nitrogens with two attached hydrogens (primary N) is 1. The van der Waals surface area contributed by atoms with Gasteiger partial charge < -0.3 is 20.9 Å². The number of carbonyl (C=O) groups excluding carboxylic acids is 2. The van der Waals surface area contributed by atoms with Crippen LogP contribution in [0.4, 0.5) is 10.5 Å². The molecule has 2 aliphatic heterocycles. The van der Waals surface area contributed by atoms with Gasteiger partial charge in [-0.2, -0.15) is 5.10 Å². The van der Waals surface area contributed by atoms with Gasteiger partial charge in [-0.25, -0.2) is 4.79 Å². The molecular formula is C12H18N6O2. The number of fused-ring (bicyclic) bond motifs is 1. The van der Waals surface area contributed by atoms with Crippen molar-refractivity contribution in [2.24, 2.45) is 0 Å². The number of anilines is 1. The fraction of sp³-hybridized carbons (Fsp3) is 0.583. The number of nitrogens with zero attached hydrogens (tertiary/aromatic N) is 3. The van der Waals surface area contributed by atoms with Crippen molar-refractivity contribution in [2.75, 3.05) is 31.9 Å². The normalized spacial score (nSPS) is 21.9. The predicted octanol–water partition coefficient (Wildman–Crippen LogP) is -0.596. The van der Waals surface area contributed by atoms with E-state index in [1.54, 1.807) is 9.80 Å². The monoisotopic (exact) mass is 278 g/mol. The minimum atomic E-state index is -0.169. The first-order valence-corrected chi connectivity index (χ1v) is 6.78. The first-order chi connectivity index (χ1) is 9.61. The molecule has 8 nitrogen and oxygen atoms in total. The summed E-state index contributed by atoms with van der Waals surface area (Å²) in [5.74, 6) is -0.169. The average molecular weight is 278 g/mol. The van der Waals surface area contributed by atoms with E-state index in [1.807, 2.05) is 6.92 Å². The molecule has 108 valence electrons. The zero-order chi connectivity index (χ0) is 14.3. The number of aromatic amines is 1. The first-order valence-electron chi connectivity index (χ1n) is 6.78. The molecule has 2 saturated heterocycles. The summed E-state index contributed by atoms with van der Waals surface area (Å²) in [6, 6.07) is 0.000614. The Morgan fingerprint density at radius 2 is 2.30 bits per heavy atom. The van der Waals surface area contributed by atoms with Gasteiger partial charge in [-0.3, -0.25) is 9.89 Å². The Balaban J connectivity index is 1.75. The van der Waals surface area contributed by atoms with Gasteiger partial charge in [-0.15, -0.1) is 0 Å². The number of hydrogen-bond donors (Lipinski definition) is 3. The smallest absolute Gasteiger partial charge is 0.317 e. The molecule has 0 radical (unpaired) electrons. The lowest BCUT2D eigenvalue weighted by atomic mass is 10.1. The third kappa shape index (κ3) is 1.87. The topological polar surface area (TPSA) is 107 Å². The summed E-state index contributed by atoms with van der Waals surface area (Å²) < 4.78 is 0. The number of amides is 3. The Hall–Kier alpha value is -2.25. The maximum atomic E-state index is 12.5. The van der Waals surface area contributed by atoms with E-state index in [2.05, 4.69) is 15.5 Å². The summed E-state index contributed by atoms with van der Waals surface area (Å²) in [5.41, 5.74) is 7.43. The summed E-state index contributed by atoms with van der Waals surface area (Å²) >= 11 is 0. The van der Waals surface area contributed by atoms with E-state index in [-0.39, 0.29) is 23.7 Å². The highest BCUT2D eigenvalue weighted by Crippen LogP contribution is 2.20. The minimum Gasteiger partial charge on any atom is -0.395 e. The molecule has 0 bridgehead atoms. The van der Waals surface area contributed by atoms with Crippen LogP contribution < -0.4 is 11.1 Å². The minimum absolute atomic E-state index is 0.0466. The Morgan fingerprint density at radius 3 is 3.00 bits per heavy atom. The number of H-pyrrole nitrogens is 1. The van der Waals surface area contributed by atoms with Gasteiger partial charge in [0, 0.05) is 26.2 Å². The molecule has 0 aliphatic carbocycles. The van der Waals surface area contributed by atoms with Crippen LogP contribution >= 0.6 is 0 Å². The van der Waals surface area contributed by atoms with Crippen LogP contribution in [-0.2, 0) is 6.42 Å². The van der Waals surface area contributed by atoms with Crippen molar-refractivity contribution in [1.82, 2.24) is 25.3 Å². The maximum Gasteiger partial charge on any atom is 0.317 e. The molecule has 1 aromatic heterocycles. The third-order valence-corrected chi connectivity index (χ3v) is 3.96. The summed E-state index contributed by atoms with van der Waals surface area (Å²) in [6.07, 6.45) is 0.709. The highest BCUT2D eigenvalue weighted by Gasteiger charge is 2.37. The van der Waals surface area contributed by atoms with E-state index in [1.165, 1.54) is 0 Å². The fourth-order valence-corrected chi connectivity index (χ4v) is 2.76. The van der Waals surface area contributed by atoms with Gasteiger partial charge >= 0.3 is 6.03 Å². The summed E-state index contributed by atoms with van der Waals surface area (Å²) in [5, 5.41) is 9.61. The Kier molecular flexibility index (Phi) is 3.00. The SMILES string of the molecule is CCc1[nH]nc(C(=O)N2CCN3C(=O)NCC3C2)c1N. The average Bonchev–Trinajstić information content (AvgIpc) is 3.01. The highest BCUT2D eigenvalue weighted by molar-refractivity contribution is 5.97. The van der Waals surface area contributed by atoms with E-state index in [9.17, 15) is 9.59 Å². The summed E-state index contributed by atoms with van der Waals surface area (Å²) in [6.45, 7) is 4.11. The maximum absolute atomic E-state index is 12.5. The second-order valence-electron chi connectivity index (χ2n) is 5.10. The van der Waals surface area contributed by atoms with E-state index >= 15 is 0 Å². The van der Waals surface area contributed by atoms with Crippen molar-refractivity contribution in [3.8, 4) is 0 Å². The Bertz CT molecular complexity index is 554. The molecule has 2 fully saturated rings. The van der Waals surface area contributed by atoms with E-state index < -0.39 is 0 Å². The summed E-state index contributed by atoms with van der Waals surface area (Å²) in [4.78, 5) is 27.5. The number of piperazine rings is 1. The van der Waals surface area contributed by atoms with Crippen LogP contribution in [0, 0.1) is 0 Å². The van der Waals surface area contributed by atoms with Crippen LogP contribution in [0.1, 0.15) is 23.1 Å². The molecule has 1 aromatic rings. The molecule has 1 atom stereocenters. The number of carbonyl (C=O) groups is 2. The number of rotatable bonds is 2. The zero-order valence-electron chi connectivity index (χ0n) is 11.3. The lowest BCUT2D eigenvalue weighted by Gasteiger charge is -2.36. The van der Waals surface area contributed by atoms with Gasteiger partial charge in [0.05, 0.1) is 17.4 Å². The van der Waals surface area contributed by atoms with Crippen molar-refractivity contribution in [3.63, 3.8) is 0 Å². The van der Waals surface area contributed by atoms with Crippen LogP contribution in [0.25, 0.3) is 0 Å². The molecule has 20 heavy (non-hydrogen) atoms. The van der Waals surface area contributed by atoms with E-state index in [4.69, 9.17) is 5.73 Å². The highest BCUT2D eigenvalue weighted by atomic mass is 16.2. The van der Waals surface area contributed by atoms with Crippen LogP contribution in [0.3, 0.4) is 0 Å². The predicted molar refractivity (Wildman–Crippen MR) is 72.2 cm³/mol. The molecule has 8 heteroatoms. The number of urea groups is 1. The molecule has 3 rings (SSSR count). The largest absolute Gasteiger partial charge is 0.395 e. The molecule has 0 aromatic carbocycles. The molecule has 0 saturated carbocycles. The van der Waals surface area contributed by atoms with Crippen LogP contribution in [0.15, 0.2) is 0 Å². The van der Waals surface area contributed by atoms with Crippen molar-refractivity contribution in [3.05, 3.63) is 11.4 Å². The molecule has 2 aliphatic rings. The van der Waals surface area contributed by atoms with E-state index in [0.29, 0.717) is 38.3 Å². The molecule has 3 amide bonds. The van der Waals surface area contributed by atoms with Gasteiger partial charge in [0.2, 0.25) is 0 Å². The number of aromatic nitrogens is 2. The third-order valence-electron chi connectivity index (χ3n) is 3.96. The lowest BCUT2D eigenvalue weighted by Crippen LogP contribution is -2.53. The van der Waals surface area contributed by atoms with Crippen molar-refractivity contribution in [2.45, 2.75) is 19.4 Å². The van der Waals surface area contributed by atoms with Crippen LogP contribution in [0.2, 0.25) is 0 Å². The number of nitrogens with one attached hydrogen (secondary N) is 2. The van der Waals surface area contributed by atoms with Crippen LogP contribution in [0.5, 0.6) is 0 Å². The quantitative estimate of drug-likeness (QED) is 0.671. The van der Waals surface area contributed by atoms with Gasteiger partial charge in [-0.05, 0) is 6.42 Å². The fourth-order valence-electron chi connectivity index (χ4n) is 2.76. The molecule has 1 unspecified atom stereocenters. The lowest BCUT2D eigenvalue weighted by molar-refractivity contribution is 0.0612. The number of aryl methyl sites for hydroxylation is 1. The zero-order valence-corrected chi connectivity index (χ0v) is 11.3. The number of hydrogen-bond acceptors (Lipinski definition) is 4. The molecule has 0 spiro atoms. The number of nitrogen functional groups attached to an aromatic ring is 1.